The summed E-state index contributed by atoms with van der Waals surface area (Å²) in [6.07, 6.45) is 10.2. The highest BCUT2D eigenvalue weighted by Crippen LogP contribution is 2.35. The molecule has 1 saturated carbocycles. The lowest BCUT2D eigenvalue weighted by atomic mass is 9.75. The average Bonchev–Trinajstić information content (AvgIpc) is 2.75. The number of benzene rings is 1. The maximum absolute atomic E-state index is 11.0. The Hall–Kier alpha value is -1.45. The highest BCUT2D eigenvalue weighted by atomic mass is 16.7. The summed E-state index contributed by atoms with van der Waals surface area (Å²) >= 11 is 0. The molecule has 0 radical (unpaired) electrons. The number of ether oxygens (including phenoxy) is 2. The van der Waals surface area contributed by atoms with Crippen LogP contribution < -0.4 is 0 Å². The van der Waals surface area contributed by atoms with E-state index in [0.717, 1.165) is 43.3 Å². The molecule has 28 heavy (non-hydrogen) atoms. The van der Waals surface area contributed by atoms with Gasteiger partial charge >= 0.3 is 0 Å². The molecule has 3 heteroatoms. The fourth-order valence-corrected chi connectivity index (χ4v) is 3.94. The van der Waals surface area contributed by atoms with Crippen molar-refractivity contribution in [2.24, 2.45) is 11.8 Å². The third kappa shape index (κ3) is 10.8. The maximum atomic E-state index is 11.0. The summed E-state index contributed by atoms with van der Waals surface area (Å²) < 4.78 is 10.1. The molecule has 1 aromatic carbocycles. The molecule has 0 saturated heterocycles. The summed E-state index contributed by atoms with van der Waals surface area (Å²) in [4.78, 5) is 11.0. The first-order valence-corrected chi connectivity index (χ1v) is 10.9. The van der Waals surface area contributed by atoms with E-state index in [-0.39, 0.29) is 6.29 Å². The standard InChI is InChI=1S/C17H24O.C6H14O2.C2H4/c1-2-14-7-3-4-8-15(14)11-12-16-9-5-6-10-17(16)13-18;1-4-7-6(3)8-5-2;1-2/h5-6,9-10,13-15H,2-4,7-8,11-12H2,1H3;6H,4-5H2,1-3H3;1-2H2. The first-order valence-electron chi connectivity index (χ1n) is 10.9. The van der Waals surface area contributed by atoms with Crippen molar-refractivity contribution in [3.63, 3.8) is 0 Å². The van der Waals surface area contributed by atoms with Crippen molar-refractivity contribution in [2.75, 3.05) is 13.2 Å². The second kappa shape index (κ2) is 17.6. The normalized spacial score (nSPS) is 18.5. The Labute approximate surface area is 173 Å². The third-order valence-electron chi connectivity index (χ3n) is 5.36. The van der Waals surface area contributed by atoms with E-state index >= 15 is 0 Å². The number of carbonyl (C=O) groups is 1. The summed E-state index contributed by atoms with van der Waals surface area (Å²) in [6.45, 7) is 15.6. The lowest BCUT2D eigenvalue weighted by molar-refractivity contribution is -0.123. The van der Waals surface area contributed by atoms with Crippen molar-refractivity contribution in [3.8, 4) is 0 Å². The Kier molecular flexibility index (Phi) is 16.7. The van der Waals surface area contributed by atoms with E-state index < -0.39 is 0 Å². The van der Waals surface area contributed by atoms with Gasteiger partial charge in [0.1, 0.15) is 6.29 Å². The average molecular weight is 391 g/mol. The van der Waals surface area contributed by atoms with E-state index in [0.29, 0.717) is 0 Å². The van der Waals surface area contributed by atoms with Gasteiger partial charge in [-0.3, -0.25) is 4.79 Å². The highest BCUT2D eigenvalue weighted by molar-refractivity contribution is 5.77. The lowest BCUT2D eigenvalue weighted by Crippen LogP contribution is -2.19. The van der Waals surface area contributed by atoms with Crippen LogP contribution in [-0.2, 0) is 15.9 Å². The van der Waals surface area contributed by atoms with Crippen LogP contribution in [0.3, 0.4) is 0 Å². The minimum atomic E-state index is -0.0370. The number of aldehydes is 1. The second-order valence-corrected chi connectivity index (χ2v) is 7.05. The quantitative estimate of drug-likeness (QED) is 0.262. The number of carbonyl (C=O) groups excluding carboxylic acids is 1. The molecule has 1 aliphatic rings. The molecule has 1 fully saturated rings. The molecular weight excluding hydrogens is 348 g/mol. The van der Waals surface area contributed by atoms with E-state index in [1.54, 1.807) is 0 Å². The molecule has 2 atom stereocenters. The van der Waals surface area contributed by atoms with Crippen LogP contribution in [0.5, 0.6) is 0 Å². The molecule has 1 aromatic rings. The Morgan fingerprint density at radius 1 is 1.04 bits per heavy atom. The molecule has 2 rings (SSSR count). The Bertz CT molecular complexity index is 494. The monoisotopic (exact) mass is 390 g/mol. The first-order chi connectivity index (χ1) is 13.7. The van der Waals surface area contributed by atoms with Gasteiger partial charge in [-0.1, -0.05) is 63.3 Å². The van der Waals surface area contributed by atoms with Crippen LogP contribution in [0.15, 0.2) is 37.4 Å². The van der Waals surface area contributed by atoms with Gasteiger partial charge in [0.2, 0.25) is 0 Å². The molecule has 160 valence electrons. The lowest BCUT2D eigenvalue weighted by Gasteiger charge is -2.31. The highest BCUT2D eigenvalue weighted by Gasteiger charge is 2.23. The fourth-order valence-electron chi connectivity index (χ4n) is 3.94. The van der Waals surface area contributed by atoms with Crippen molar-refractivity contribution in [1.82, 2.24) is 0 Å². The predicted octanol–water partition coefficient (Wildman–Crippen LogP) is 6.86. The zero-order valence-electron chi connectivity index (χ0n) is 18.6. The summed E-state index contributed by atoms with van der Waals surface area (Å²) in [5.74, 6) is 1.80. The van der Waals surface area contributed by atoms with Crippen LogP contribution in [-0.4, -0.2) is 25.8 Å². The molecule has 0 amide bonds. The van der Waals surface area contributed by atoms with Crippen LogP contribution in [0.1, 0.15) is 82.1 Å². The van der Waals surface area contributed by atoms with Gasteiger partial charge in [-0.05, 0) is 51.0 Å². The molecule has 0 aliphatic heterocycles. The van der Waals surface area contributed by atoms with Crippen molar-refractivity contribution in [2.45, 2.75) is 78.9 Å². The largest absolute Gasteiger partial charge is 0.353 e. The van der Waals surface area contributed by atoms with Gasteiger partial charge in [-0.15, -0.1) is 13.2 Å². The van der Waals surface area contributed by atoms with E-state index in [4.69, 9.17) is 9.47 Å². The zero-order chi connectivity index (χ0) is 21.2. The molecule has 2 unspecified atom stereocenters. The topological polar surface area (TPSA) is 35.5 Å². The first kappa shape index (κ1) is 26.6. The number of hydrogen-bond acceptors (Lipinski definition) is 3. The summed E-state index contributed by atoms with van der Waals surface area (Å²) in [6, 6.07) is 8.03. The van der Waals surface area contributed by atoms with E-state index in [1.807, 2.05) is 39.0 Å². The Morgan fingerprint density at radius 2 is 1.61 bits per heavy atom. The molecule has 1 aliphatic carbocycles. The van der Waals surface area contributed by atoms with Gasteiger partial charge in [0.15, 0.2) is 6.29 Å². The summed E-state index contributed by atoms with van der Waals surface area (Å²) in [7, 11) is 0. The molecule has 0 N–H and O–H groups in total. The molecule has 0 heterocycles. The van der Waals surface area contributed by atoms with Gasteiger partial charge in [0, 0.05) is 18.8 Å². The molecule has 0 aromatic heterocycles. The number of aryl methyl sites for hydroxylation is 1. The number of hydrogen-bond donors (Lipinski definition) is 0. The van der Waals surface area contributed by atoms with Crippen LogP contribution in [0.4, 0.5) is 0 Å². The summed E-state index contributed by atoms with van der Waals surface area (Å²) in [5, 5.41) is 0. The van der Waals surface area contributed by atoms with Gasteiger partial charge in [-0.25, -0.2) is 0 Å². The van der Waals surface area contributed by atoms with Gasteiger partial charge in [0.05, 0.1) is 0 Å². The summed E-state index contributed by atoms with van der Waals surface area (Å²) in [5.41, 5.74) is 2.11. The van der Waals surface area contributed by atoms with Crippen molar-refractivity contribution in [3.05, 3.63) is 48.6 Å². The van der Waals surface area contributed by atoms with Crippen molar-refractivity contribution >= 4 is 6.29 Å². The Balaban J connectivity index is 0.000000618. The fraction of sp³-hybridized carbons (Fsp3) is 0.640. The van der Waals surface area contributed by atoms with Crippen molar-refractivity contribution in [1.29, 1.82) is 0 Å². The van der Waals surface area contributed by atoms with E-state index in [9.17, 15) is 4.79 Å². The number of rotatable bonds is 9. The van der Waals surface area contributed by atoms with E-state index in [1.165, 1.54) is 44.1 Å². The zero-order valence-corrected chi connectivity index (χ0v) is 18.6. The SMILES string of the molecule is C=C.CCC1CCCCC1CCc1ccccc1C=O.CCOC(C)OCC. The third-order valence-corrected chi connectivity index (χ3v) is 5.36. The predicted molar refractivity (Wildman–Crippen MR) is 120 cm³/mol. The maximum Gasteiger partial charge on any atom is 0.154 e. The minimum absolute atomic E-state index is 0.0370. The van der Waals surface area contributed by atoms with Crippen LogP contribution in [0.25, 0.3) is 0 Å². The Morgan fingerprint density at radius 3 is 2.14 bits per heavy atom. The molecule has 0 spiro atoms. The smallest absolute Gasteiger partial charge is 0.154 e. The molecular formula is C25H42O3. The van der Waals surface area contributed by atoms with Crippen LogP contribution >= 0.6 is 0 Å². The van der Waals surface area contributed by atoms with Gasteiger partial charge < -0.3 is 9.47 Å². The second-order valence-electron chi connectivity index (χ2n) is 7.05. The van der Waals surface area contributed by atoms with Crippen LogP contribution in [0, 0.1) is 11.8 Å². The van der Waals surface area contributed by atoms with Crippen molar-refractivity contribution < 1.29 is 14.3 Å². The van der Waals surface area contributed by atoms with Crippen LogP contribution in [0.2, 0.25) is 0 Å². The van der Waals surface area contributed by atoms with E-state index in [2.05, 4.69) is 26.1 Å². The molecule has 0 bridgehead atoms. The minimum Gasteiger partial charge on any atom is -0.353 e. The molecule has 3 nitrogen and oxygen atoms in total. The van der Waals surface area contributed by atoms with Gasteiger partial charge in [-0.2, -0.15) is 0 Å². The van der Waals surface area contributed by atoms with Gasteiger partial charge in [0.25, 0.3) is 0 Å².